The lowest BCUT2D eigenvalue weighted by Gasteiger charge is -2.37. The quantitative estimate of drug-likeness (QED) is 0.514. The summed E-state index contributed by atoms with van der Waals surface area (Å²) in [5.74, 6) is 1.67. The van der Waals surface area contributed by atoms with E-state index in [2.05, 4.69) is 46.5 Å². The Morgan fingerprint density at radius 1 is 1.06 bits per heavy atom. The van der Waals surface area contributed by atoms with Crippen molar-refractivity contribution in [2.45, 2.75) is 33.1 Å². The van der Waals surface area contributed by atoms with E-state index in [0.717, 1.165) is 59.5 Å². The van der Waals surface area contributed by atoms with Crippen molar-refractivity contribution < 1.29 is 0 Å². The van der Waals surface area contributed by atoms with Crippen LogP contribution in [0.2, 0.25) is 5.02 Å². The molecule has 0 radical (unpaired) electrons. The van der Waals surface area contributed by atoms with Gasteiger partial charge in [0.25, 0.3) is 0 Å². The molecule has 1 saturated heterocycles. The first-order chi connectivity index (χ1) is 15.2. The molecule has 0 saturated carbocycles. The van der Waals surface area contributed by atoms with Gasteiger partial charge in [-0.2, -0.15) is 0 Å². The second-order valence-electron chi connectivity index (χ2n) is 8.12. The van der Waals surface area contributed by atoms with E-state index in [-0.39, 0.29) is 0 Å². The fraction of sp³-hybridized carbons (Fsp3) is 0.480. The normalized spacial score (nSPS) is 15.6. The monoisotopic (exact) mass is 441 g/mol. The summed E-state index contributed by atoms with van der Waals surface area (Å²) in [4.78, 5) is 13.2. The highest BCUT2D eigenvalue weighted by Crippen LogP contribution is 2.32. The van der Waals surface area contributed by atoms with Gasteiger partial charge >= 0.3 is 0 Å². The summed E-state index contributed by atoms with van der Waals surface area (Å²) >= 11 is 6.54. The molecule has 168 valence electrons. The van der Waals surface area contributed by atoms with Crippen LogP contribution < -0.4 is 10.6 Å². The first-order valence-electron chi connectivity index (χ1n) is 11.5. The van der Waals surface area contributed by atoms with Crippen molar-refractivity contribution in [3.63, 3.8) is 0 Å². The van der Waals surface area contributed by atoms with Gasteiger partial charge < -0.3 is 15.6 Å². The van der Waals surface area contributed by atoms with Crippen LogP contribution in [0.25, 0.3) is 22.4 Å². The number of H-pyrrole nitrogens is 1. The molecule has 1 atom stereocenters. The zero-order valence-corrected chi connectivity index (χ0v) is 19.8. The van der Waals surface area contributed by atoms with Crippen LogP contribution in [-0.2, 0) is 0 Å². The number of para-hydroxylation sites is 2. The Labute approximate surface area is 191 Å². The number of anilines is 1. The maximum absolute atomic E-state index is 6.54. The topological polar surface area (TPSA) is 61.2 Å². The summed E-state index contributed by atoms with van der Waals surface area (Å²) in [6.45, 7) is 10.2. The number of nitrogens with two attached hydrogens (primary N) is 1. The van der Waals surface area contributed by atoms with Crippen LogP contribution in [0.15, 0.2) is 42.5 Å². The lowest BCUT2D eigenvalue weighted by molar-refractivity contribution is 0.209. The predicted molar refractivity (Wildman–Crippen MR) is 134 cm³/mol. The Balaban J connectivity index is 0.00000132. The number of benzene rings is 2. The van der Waals surface area contributed by atoms with E-state index in [1.165, 1.54) is 38.5 Å². The van der Waals surface area contributed by atoms with Crippen LogP contribution in [0.5, 0.6) is 0 Å². The molecule has 2 aromatic carbocycles. The van der Waals surface area contributed by atoms with Gasteiger partial charge in [0, 0.05) is 44.0 Å². The van der Waals surface area contributed by atoms with Crippen LogP contribution in [0, 0.1) is 5.92 Å². The van der Waals surface area contributed by atoms with Gasteiger partial charge in [0.15, 0.2) is 0 Å². The largest absolute Gasteiger partial charge is 0.369 e. The van der Waals surface area contributed by atoms with Gasteiger partial charge in [-0.25, -0.2) is 4.98 Å². The molecule has 1 unspecified atom stereocenters. The fourth-order valence-electron chi connectivity index (χ4n) is 4.36. The van der Waals surface area contributed by atoms with Gasteiger partial charge in [-0.15, -0.1) is 0 Å². The second-order valence-corrected chi connectivity index (χ2v) is 8.52. The van der Waals surface area contributed by atoms with Crippen LogP contribution >= 0.6 is 11.6 Å². The fourth-order valence-corrected chi connectivity index (χ4v) is 4.57. The number of aromatic amines is 1. The molecule has 1 aliphatic heterocycles. The number of fused-ring (bicyclic) bond motifs is 1. The summed E-state index contributed by atoms with van der Waals surface area (Å²) < 4.78 is 0. The average molecular weight is 442 g/mol. The highest BCUT2D eigenvalue weighted by atomic mass is 35.5. The number of piperazine rings is 1. The predicted octanol–water partition coefficient (Wildman–Crippen LogP) is 5.41. The number of nitrogens with one attached hydrogen (secondary N) is 1. The summed E-state index contributed by atoms with van der Waals surface area (Å²) in [5.41, 5.74) is 8.70. The van der Waals surface area contributed by atoms with Crippen molar-refractivity contribution >= 4 is 28.3 Å². The van der Waals surface area contributed by atoms with Gasteiger partial charge in [0.05, 0.1) is 16.1 Å². The van der Waals surface area contributed by atoms with Crippen LogP contribution in [-0.4, -0.2) is 54.6 Å². The zero-order chi connectivity index (χ0) is 22.2. The number of rotatable bonds is 7. The highest BCUT2D eigenvalue weighted by Gasteiger charge is 2.20. The SMILES string of the molecule is CCCC(CC)CN1CCN(c2ccc(Cl)c(-c3nc4ccccc4[nH]3)c2)CC1.CN. The number of hydrogen-bond acceptors (Lipinski definition) is 4. The molecule has 2 heterocycles. The van der Waals surface area contributed by atoms with E-state index < -0.39 is 0 Å². The minimum absolute atomic E-state index is 0.733. The molecular weight excluding hydrogens is 406 g/mol. The average Bonchev–Trinajstić information content (AvgIpc) is 3.25. The molecule has 6 heteroatoms. The highest BCUT2D eigenvalue weighted by molar-refractivity contribution is 6.33. The molecule has 5 nitrogen and oxygen atoms in total. The van der Waals surface area contributed by atoms with E-state index in [1.54, 1.807) is 0 Å². The summed E-state index contributed by atoms with van der Waals surface area (Å²) in [7, 11) is 1.50. The van der Waals surface area contributed by atoms with E-state index in [1.807, 2.05) is 30.3 Å². The third kappa shape index (κ3) is 5.79. The Kier molecular flexibility index (Phi) is 8.76. The first-order valence-corrected chi connectivity index (χ1v) is 11.9. The molecule has 3 aromatic rings. The lowest BCUT2D eigenvalue weighted by Crippen LogP contribution is -2.47. The molecule has 0 bridgehead atoms. The number of halogens is 1. The Morgan fingerprint density at radius 2 is 1.81 bits per heavy atom. The van der Waals surface area contributed by atoms with Crippen molar-refractivity contribution in [3.8, 4) is 11.4 Å². The molecule has 1 aliphatic rings. The molecule has 1 aromatic heterocycles. The summed E-state index contributed by atoms with van der Waals surface area (Å²) in [6, 6.07) is 14.4. The second kappa shape index (κ2) is 11.5. The number of hydrogen-bond donors (Lipinski definition) is 2. The lowest BCUT2D eigenvalue weighted by atomic mass is 10.00. The van der Waals surface area contributed by atoms with Crippen molar-refractivity contribution in [1.29, 1.82) is 0 Å². The Morgan fingerprint density at radius 3 is 2.48 bits per heavy atom. The number of imidazole rings is 1. The van der Waals surface area contributed by atoms with E-state index in [4.69, 9.17) is 16.6 Å². The molecule has 3 N–H and O–H groups in total. The van der Waals surface area contributed by atoms with Gasteiger partial charge in [-0.05, 0) is 49.7 Å². The van der Waals surface area contributed by atoms with E-state index in [0.29, 0.717) is 0 Å². The molecule has 0 spiro atoms. The minimum Gasteiger partial charge on any atom is -0.369 e. The Bertz CT molecular complexity index is 913. The van der Waals surface area contributed by atoms with Crippen molar-refractivity contribution in [1.82, 2.24) is 14.9 Å². The maximum Gasteiger partial charge on any atom is 0.140 e. The van der Waals surface area contributed by atoms with E-state index in [9.17, 15) is 0 Å². The summed E-state index contributed by atoms with van der Waals surface area (Å²) in [6.07, 6.45) is 3.91. The third-order valence-electron chi connectivity index (χ3n) is 6.12. The number of nitrogens with zero attached hydrogens (tertiary/aromatic N) is 3. The van der Waals surface area contributed by atoms with Crippen LogP contribution in [0.4, 0.5) is 5.69 Å². The van der Waals surface area contributed by atoms with Gasteiger partial charge in [-0.3, -0.25) is 4.90 Å². The molecule has 1 fully saturated rings. The van der Waals surface area contributed by atoms with E-state index >= 15 is 0 Å². The van der Waals surface area contributed by atoms with Crippen molar-refractivity contribution in [2.24, 2.45) is 11.7 Å². The van der Waals surface area contributed by atoms with Gasteiger partial charge in [0.1, 0.15) is 5.82 Å². The molecular formula is C25H36ClN5. The minimum atomic E-state index is 0.733. The number of aromatic nitrogens is 2. The molecule has 0 amide bonds. The van der Waals surface area contributed by atoms with Crippen molar-refractivity contribution in [2.75, 3.05) is 44.7 Å². The van der Waals surface area contributed by atoms with Gasteiger partial charge in [-0.1, -0.05) is 50.4 Å². The smallest absolute Gasteiger partial charge is 0.140 e. The van der Waals surface area contributed by atoms with Crippen LogP contribution in [0.3, 0.4) is 0 Å². The third-order valence-corrected chi connectivity index (χ3v) is 6.45. The van der Waals surface area contributed by atoms with Crippen molar-refractivity contribution in [3.05, 3.63) is 47.5 Å². The molecule has 0 aliphatic carbocycles. The Hall–Kier alpha value is -2.08. The maximum atomic E-state index is 6.54. The zero-order valence-electron chi connectivity index (χ0n) is 19.1. The van der Waals surface area contributed by atoms with Crippen LogP contribution in [0.1, 0.15) is 33.1 Å². The first kappa shape index (κ1) is 23.6. The standard InChI is InChI=1S/C24H31ClN4.CH5N/c1-3-7-18(4-2)17-28-12-14-29(15-13-28)19-10-11-21(25)20(16-19)24-26-22-8-5-6-9-23(22)27-24;1-2/h5-6,8-11,16,18H,3-4,7,12-15,17H2,1-2H3,(H,26,27);2H2,1H3. The van der Waals surface area contributed by atoms with Gasteiger partial charge in [0.2, 0.25) is 0 Å². The molecule has 31 heavy (non-hydrogen) atoms. The molecule has 4 rings (SSSR count). The summed E-state index contributed by atoms with van der Waals surface area (Å²) in [5, 5.41) is 0.733.